The van der Waals surface area contributed by atoms with Gasteiger partial charge in [0.2, 0.25) is 0 Å². The van der Waals surface area contributed by atoms with E-state index in [0.717, 1.165) is 5.56 Å². The number of nitrogens with one attached hydrogen (secondary N) is 2. The summed E-state index contributed by atoms with van der Waals surface area (Å²) in [5.41, 5.74) is 2.88. The summed E-state index contributed by atoms with van der Waals surface area (Å²) in [6.07, 6.45) is 0.965. The molecule has 3 rings (SSSR count). The van der Waals surface area contributed by atoms with Gasteiger partial charge in [-0.25, -0.2) is 4.98 Å². The van der Waals surface area contributed by atoms with Crippen LogP contribution in [0.3, 0.4) is 0 Å². The van der Waals surface area contributed by atoms with Crippen molar-refractivity contribution in [2.24, 2.45) is 5.92 Å². The molecule has 0 unspecified atom stereocenters. The van der Waals surface area contributed by atoms with Gasteiger partial charge in [0.15, 0.2) is 0 Å². The van der Waals surface area contributed by atoms with Gasteiger partial charge in [-0.1, -0.05) is 26.0 Å². The Morgan fingerprint density at radius 2 is 1.84 bits per heavy atom. The van der Waals surface area contributed by atoms with Crippen molar-refractivity contribution >= 4 is 23.5 Å². The van der Waals surface area contributed by atoms with Crippen LogP contribution < -0.4 is 15.4 Å². The van der Waals surface area contributed by atoms with Gasteiger partial charge in [-0.3, -0.25) is 9.78 Å². The Morgan fingerprint density at radius 1 is 1.13 bits per heavy atom. The molecule has 0 aliphatic rings. The molecule has 1 atom stereocenters. The van der Waals surface area contributed by atoms with Crippen molar-refractivity contribution in [3.63, 3.8) is 0 Å². The van der Waals surface area contributed by atoms with E-state index in [0.29, 0.717) is 57.2 Å². The van der Waals surface area contributed by atoms with Crippen LogP contribution in [0.1, 0.15) is 48.0 Å². The lowest BCUT2D eigenvalue weighted by Gasteiger charge is -2.17. The first-order valence-electron chi connectivity index (χ1n) is 12.1. The monoisotopic (exact) mass is 530 g/mol. The van der Waals surface area contributed by atoms with Gasteiger partial charge in [-0.05, 0) is 48.2 Å². The number of hydrogen-bond acceptors (Lipinski definition) is 9. The molecular formula is C28H30N6O3S. The van der Waals surface area contributed by atoms with Crippen molar-refractivity contribution in [3.8, 4) is 29.0 Å². The fourth-order valence-corrected chi connectivity index (χ4v) is 4.43. The first-order valence-corrected chi connectivity index (χ1v) is 13.1. The number of nitrogens with zero attached hydrogens (tertiary/aromatic N) is 4. The summed E-state index contributed by atoms with van der Waals surface area (Å²) >= 11 is 1.35. The van der Waals surface area contributed by atoms with Crippen LogP contribution in [0.4, 0.5) is 5.82 Å². The SMILES string of the molecule is CNC(=O)c1cc(CSc2nc(NCC(C)C)c(C#N)c(-c3ccc(OC[C@H](C)O)cc3)c2C#N)ccn1. The zero-order chi connectivity index (χ0) is 27.7. The number of anilines is 1. The molecule has 0 aliphatic heterocycles. The van der Waals surface area contributed by atoms with Crippen LogP contribution in [-0.4, -0.2) is 47.3 Å². The number of nitriles is 2. The summed E-state index contributed by atoms with van der Waals surface area (Å²) in [6, 6.07) is 15.1. The molecule has 2 heterocycles. The predicted molar refractivity (Wildman–Crippen MR) is 147 cm³/mol. The molecule has 2 aromatic heterocycles. The lowest BCUT2D eigenvalue weighted by molar-refractivity contribution is 0.0958. The van der Waals surface area contributed by atoms with Crippen molar-refractivity contribution in [1.29, 1.82) is 10.5 Å². The van der Waals surface area contributed by atoms with Crippen molar-refractivity contribution in [2.75, 3.05) is 25.5 Å². The van der Waals surface area contributed by atoms with Crippen LogP contribution >= 0.6 is 11.8 Å². The minimum Gasteiger partial charge on any atom is -0.491 e. The second-order valence-electron chi connectivity index (χ2n) is 8.99. The molecule has 0 fully saturated rings. The van der Waals surface area contributed by atoms with Crippen molar-refractivity contribution in [2.45, 2.75) is 37.7 Å². The first-order chi connectivity index (χ1) is 18.3. The quantitative estimate of drug-likeness (QED) is 0.308. The van der Waals surface area contributed by atoms with Crippen molar-refractivity contribution < 1.29 is 14.6 Å². The molecule has 10 heteroatoms. The van der Waals surface area contributed by atoms with E-state index < -0.39 is 6.10 Å². The van der Waals surface area contributed by atoms with Gasteiger partial charge in [0, 0.05) is 31.1 Å². The van der Waals surface area contributed by atoms with Gasteiger partial charge >= 0.3 is 0 Å². The number of aliphatic hydroxyl groups is 1. The third-order valence-electron chi connectivity index (χ3n) is 5.36. The molecule has 0 bridgehead atoms. The molecule has 1 amide bonds. The highest BCUT2D eigenvalue weighted by Crippen LogP contribution is 2.38. The van der Waals surface area contributed by atoms with E-state index >= 15 is 0 Å². The number of amides is 1. The maximum Gasteiger partial charge on any atom is 0.269 e. The van der Waals surface area contributed by atoms with E-state index in [4.69, 9.17) is 4.74 Å². The summed E-state index contributed by atoms with van der Waals surface area (Å²) in [4.78, 5) is 20.8. The average molecular weight is 531 g/mol. The van der Waals surface area contributed by atoms with Crippen molar-refractivity contribution in [1.82, 2.24) is 15.3 Å². The van der Waals surface area contributed by atoms with Gasteiger partial charge in [0.25, 0.3) is 5.91 Å². The van der Waals surface area contributed by atoms with E-state index in [1.165, 1.54) is 11.8 Å². The Kier molecular flexibility index (Phi) is 10.1. The largest absolute Gasteiger partial charge is 0.491 e. The summed E-state index contributed by atoms with van der Waals surface area (Å²) in [5.74, 6) is 1.44. The van der Waals surface area contributed by atoms with E-state index in [1.54, 1.807) is 56.6 Å². The molecule has 38 heavy (non-hydrogen) atoms. The summed E-state index contributed by atoms with van der Waals surface area (Å²) < 4.78 is 5.56. The highest BCUT2D eigenvalue weighted by atomic mass is 32.2. The zero-order valence-corrected chi connectivity index (χ0v) is 22.6. The maximum absolute atomic E-state index is 12.0. The Labute approximate surface area is 226 Å². The lowest BCUT2D eigenvalue weighted by atomic mass is 9.96. The van der Waals surface area contributed by atoms with Crippen LogP contribution in [0.15, 0.2) is 47.6 Å². The smallest absolute Gasteiger partial charge is 0.269 e. The fourth-order valence-electron chi connectivity index (χ4n) is 3.50. The first kappa shape index (κ1) is 28.5. The summed E-state index contributed by atoms with van der Waals surface area (Å²) in [5, 5.41) is 36.1. The number of rotatable bonds is 11. The molecular weight excluding hydrogens is 500 g/mol. The second kappa shape index (κ2) is 13.4. The Balaban J connectivity index is 2.05. The highest BCUT2D eigenvalue weighted by Gasteiger charge is 2.22. The summed E-state index contributed by atoms with van der Waals surface area (Å²) in [7, 11) is 1.55. The molecule has 0 radical (unpaired) electrons. The molecule has 1 aromatic carbocycles. The number of thioether (sulfide) groups is 1. The normalized spacial score (nSPS) is 11.4. The van der Waals surface area contributed by atoms with E-state index in [9.17, 15) is 20.4 Å². The third kappa shape index (κ3) is 7.22. The van der Waals surface area contributed by atoms with Gasteiger partial charge in [-0.2, -0.15) is 10.5 Å². The highest BCUT2D eigenvalue weighted by molar-refractivity contribution is 7.98. The number of ether oxygens (including phenoxy) is 1. The van der Waals surface area contributed by atoms with Crippen LogP contribution in [0, 0.1) is 28.6 Å². The van der Waals surface area contributed by atoms with Crippen LogP contribution in [0.25, 0.3) is 11.1 Å². The van der Waals surface area contributed by atoms with Gasteiger partial charge in [-0.15, -0.1) is 11.8 Å². The molecule has 196 valence electrons. The summed E-state index contributed by atoms with van der Waals surface area (Å²) in [6.45, 7) is 6.50. The molecule has 0 aliphatic carbocycles. The molecule has 0 saturated heterocycles. The topological polar surface area (TPSA) is 144 Å². The zero-order valence-electron chi connectivity index (χ0n) is 21.8. The molecule has 9 nitrogen and oxygen atoms in total. The number of aliphatic hydroxyl groups excluding tert-OH is 1. The molecule has 0 saturated carbocycles. The number of carbonyl (C=O) groups excluding carboxylic acids is 1. The van der Waals surface area contributed by atoms with Crippen molar-refractivity contribution in [3.05, 3.63) is 65.0 Å². The molecule has 3 N–H and O–H groups in total. The predicted octanol–water partition coefficient (Wildman–Crippen LogP) is 4.37. The fraction of sp³-hybridized carbons (Fsp3) is 0.321. The van der Waals surface area contributed by atoms with Crippen LogP contribution in [-0.2, 0) is 5.75 Å². The maximum atomic E-state index is 12.0. The van der Waals surface area contributed by atoms with E-state index in [1.807, 2.05) is 0 Å². The van der Waals surface area contributed by atoms with Gasteiger partial charge in [0.05, 0.1) is 11.7 Å². The minimum absolute atomic E-state index is 0.155. The number of carbonyl (C=O) groups is 1. The number of hydrogen-bond donors (Lipinski definition) is 3. The van der Waals surface area contributed by atoms with E-state index in [2.05, 4.69) is 46.6 Å². The third-order valence-corrected chi connectivity index (χ3v) is 6.41. The lowest BCUT2D eigenvalue weighted by Crippen LogP contribution is -2.19. The average Bonchev–Trinajstić information content (AvgIpc) is 2.93. The minimum atomic E-state index is -0.604. The number of pyridine rings is 2. The molecule has 3 aromatic rings. The van der Waals surface area contributed by atoms with Gasteiger partial charge < -0.3 is 20.5 Å². The Morgan fingerprint density at radius 3 is 2.45 bits per heavy atom. The number of benzene rings is 1. The van der Waals surface area contributed by atoms with E-state index in [-0.39, 0.29) is 18.1 Å². The van der Waals surface area contributed by atoms with Gasteiger partial charge in [0.1, 0.15) is 46.6 Å². The van der Waals surface area contributed by atoms with Crippen LogP contribution in [0.5, 0.6) is 5.75 Å². The van der Waals surface area contributed by atoms with Crippen LogP contribution in [0.2, 0.25) is 0 Å². The Bertz CT molecular complexity index is 1360. The second-order valence-corrected chi connectivity index (χ2v) is 9.95. The number of aromatic nitrogens is 2. The standard InChI is InChI=1S/C28H30N6O3S/c1-17(2)14-33-26-22(12-29)25(20-5-7-21(8-6-20)37-15-18(3)35)23(13-30)28(34-26)38-16-19-9-10-32-24(11-19)27(36)31-4/h5-11,17-18,35H,14-16H2,1-4H3,(H,31,36)(H,33,34)/t18-/m0/s1. The Hall–Kier alpha value is -4.12. The molecule has 0 spiro atoms.